The SMILES string of the molecule is COc1ncccc1NCC1CCC(C)O1. The third-order valence-corrected chi connectivity index (χ3v) is 2.80. The van der Waals surface area contributed by atoms with Gasteiger partial charge < -0.3 is 14.8 Å². The molecule has 1 aromatic heterocycles. The summed E-state index contributed by atoms with van der Waals surface area (Å²) in [5.74, 6) is 0.633. The summed E-state index contributed by atoms with van der Waals surface area (Å²) in [7, 11) is 1.63. The molecule has 0 saturated carbocycles. The Kier molecular flexibility index (Phi) is 3.62. The minimum Gasteiger partial charge on any atom is -0.480 e. The van der Waals surface area contributed by atoms with Gasteiger partial charge in [0, 0.05) is 12.7 Å². The number of nitrogens with zero attached hydrogens (tertiary/aromatic N) is 1. The van der Waals surface area contributed by atoms with Crippen molar-refractivity contribution in [2.45, 2.75) is 32.0 Å². The summed E-state index contributed by atoms with van der Waals surface area (Å²) >= 11 is 0. The maximum Gasteiger partial charge on any atom is 0.237 e. The standard InChI is InChI=1S/C12H18N2O2/c1-9-5-6-10(16-9)8-14-11-4-3-7-13-12(11)15-2/h3-4,7,9-10,14H,5-6,8H2,1-2H3. The highest BCUT2D eigenvalue weighted by Crippen LogP contribution is 2.23. The van der Waals surface area contributed by atoms with Gasteiger partial charge in [-0.05, 0) is 31.9 Å². The first-order chi connectivity index (χ1) is 7.79. The summed E-state index contributed by atoms with van der Waals surface area (Å²) < 4.78 is 10.9. The van der Waals surface area contributed by atoms with Crippen molar-refractivity contribution in [1.29, 1.82) is 0 Å². The molecule has 4 nitrogen and oxygen atoms in total. The van der Waals surface area contributed by atoms with E-state index in [4.69, 9.17) is 9.47 Å². The normalized spacial score (nSPS) is 24.4. The number of pyridine rings is 1. The molecule has 1 aromatic rings. The van der Waals surface area contributed by atoms with Crippen molar-refractivity contribution in [2.24, 2.45) is 0 Å². The van der Waals surface area contributed by atoms with Gasteiger partial charge in [0.05, 0.1) is 25.0 Å². The molecule has 0 aliphatic carbocycles. The van der Waals surface area contributed by atoms with Gasteiger partial charge in [0.2, 0.25) is 5.88 Å². The van der Waals surface area contributed by atoms with Gasteiger partial charge in [-0.25, -0.2) is 4.98 Å². The van der Waals surface area contributed by atoms with Crippen LogP contribution in [-0.2, 0) is 4.74 Å². The molecule has 2 rings (SSSR count). The molecule has 16 heavy (non-hydrogen) atoms. The fourth-order valence-corrected chi connectivity index (χ4v) is 1.95. The number of methoxy groups -OCH3 is 1. The van der Waals surface area contributed by atoms with Crippen molar-refractivity contribution in [3.8, 4) is 5.88 Å². The van der Waals surface area contributed by atoms with Crippen LogP contribution in [0, 0.1) is 0 Å². The van der Waals surface area contributed by atoms with Gasteiger partial charge in [0.15, 0.2) is 0 Å². The Labute approximate surface area is 96.0 Å². The van der Waals surface area contributed by atoms with E-state index in [0.29, 0.717) is 18.1 Å². The predicted octanol–water partition coefficient (Wildman–Crippen LogP) is 2.07. The minimum atomic E-state index is 0.305. The van der Waals surface area contributed by atoms with E-state index >= 15 is 0 Å². The smallest absolute Gasteiger partial charge is 0.237 e. The average molecular weight is 222 g/mol. The molecule has 1 N–H and O–H groups in total. The molecule has 0 aromatic carbocycles. The Morgan fingerprint density at radius 2 is 2.44 bits per heavy atom. The number of hydrogen-bond donors (Lipinski definition) is 1. The summed E-state index contributed by atoms with van der Waals surface area (Å²) in [5, 5.41) is 3.31. The van der Waals surface area contributed by atoms with Gasteiger partial charge >= 0.3 is 0 Å². The number of hydrogen-bond acceptors (Lipinski definition) is 4. The van der Waals surface area contributed by atoms with Gasteiger partial charge in [-0.2, -0.15) is 0 Å². The summed E-state index contributed by atoms with van der Waals surface area (Å²) in [5.41, 5.74) is 0.924. The van der Waals surface area contributed by atoms with Crippen molar-refractivity contribution in [1.82, 2.24) is 4.98 Å². The molecule has 1 saturated heterocycles. The molecule has 0 amide bonds. The lowest BCUT2D eigenvalue weighted by Crippen LogP contribution is -2.20. The molecule has 4 heteroatoms. The quantitative estimate of drug-likeness (QED) is 0.847. The lowest BCUT2D eigenvalue weighted by molar-refractivity contribution is 0.0636. The molecule has 2 unspecified atom stereocenters. The Bertz CT molecular complexity index is 344. The second kappa shape index (κ2) is 5.16. The maximum absolute atomic E-state index is 5.73. The van der Waals surface area contributed by atoms with Crippen LogP contribution in [0.3, 0.4) is 0 Å². The highest BCUT2D eigenvalue weighted by Gasteiger charge is 2.21. The van der Waals surface area contributed by atoms with E-state index in [2.05, 4.69) is 17.2 Å². The Hall–Kier alpha value is -1.29. The van der Waals surface area contributed by atoms with Gasteiger partial charge in [0.25, 0.3) is 0 Å². The van der Waals surface area contributed by atoms with Crippen LogP contribution in [0.25, 0.3) is 0 Å². The molecule has 2 atom stereocenters. The summed E-state index contributed by atoms with van der Waals surface area (Å²) in [6.45, 7) is 2.93. The fourth-order valence-electron chi connectivity index (χ4n) is 1.95. The third kappa shape index (κ3) is 2.64. The summed E-state index contributed by atoms with van der Waals surface area (Å²) in [6, 6.07) is 3.85. The summed E-state index contributed by atoms with van der Waals surface area (Å²) in [4.78, 5) is 4.13. The number of nitrogens with one attached hydrogen (secondary N) is 1. The first-order valence-electron chi connectivity index (χ1n) is 5.68. The second-order valence-corrected chi connectivity index (χ2v) is 4.09. The van der Waals surface area contributed by atoms with Crippen molar-refractivity contribution < 1.29 is 9.47 Å². The lowest BCUT2D eigenvalue weighted by atomic mass is 10.2. The monoisotopic (exact) mass is 222 g/mol. The van der Waals surface area contributed by atoms with Crippen LogP contribution in [0.15, 0.2) is 18.3 Å². The molecular weight excluding hydrogens is 204 g/mol. The molecule has 0 spiro atoms. The molecule has 1 aliphatic heterocycles. The Morgan fingerprint density at radius 1 is 1.56 bits per heavy atom. The van der Waals surface area contributed by atoms with Crippen molar-refractivity contribution >= 4 is 5.69 Å². The van der Waals surface area contributed by atoms with Crippen LogP contribution in [0.1, 0.15) is 19.8 Å². The number of anilines is 1. The van der Waals surface area contributed by atoms with Crippen LogP contribution >= 0.6 is 0 Å². The van der Waals surface area contributed by atoms with Crippen LogP contribution < -0.4 is 10.1 Å². The van der Waals surface area contributed by atoms with Crippen LogP contribution in [0.4, 0.5) is 5.69 Å². The second-order valence-electron chi connectivity index (χ2n) is 4.09. The van der Waals surface area contributed by atoms with Crippen LogP contribution in [0.2, 0.25) is 0 Å². The Balaban J connectivity index is 1.89. The van der Waals surface area contributed by atoms with E-state index in [1.165, 1.54) is 0 Å². The van der Waals surface area contributed by atoms with E-state index in [0.717, 1.165) is 25.1 Å². The molecule has 88 valence electrons. The maximum atomic E-state index is 5.73. The molecular formula is C12H18N2O2. The molecule has 2 heterocycles. The summed E-state index contributed by atoms with van der Waals surface area (Å²) in [6.07, 6.45) is 4.69. The lowest BCUT2D eigenvalue weighted by Gasteiger charge is -2.14. The first-order valence-corrected chi connectivity index (χ1v) is 5.68. The van der Waals surface area contributed by atoms with E-state index in [-0.39, 0.29) is 0 Å². The van der Waals surface area contributed by atoms with Gasteiger partial charge in [-0.1, -0.05) is 0 Å². The topological polar surface area (TPSA) is 43.4 Å². The van der Waals surface area contributed by atoms with Gasteiger partial charge in [0.1, 0.15) is 0 Å². The van der Waals surface area contributed by atoms with Crippen molar-refractivity contribution in [2.75, 3.05) is 19.0 Å². The number of rotatable bonds is 4. The van der Waals surface area contributed by atoms with Crippen molar-refractivity contribution in [3.05, 3.63) is 18.3 Å². The first kappa shape index (κ1) is 11.2. The molecule has 0 radical (unpaired) electrons. The largest absolute Gasteiger partial charge is 0.480 e. The van der Waals surface area contributed by atoms with E-state index in [9.17, 15) is 0 Å². The highest BCUT2D eigenvalue weighted by molar-refractivity contribution is 5.51. The predicted molar refractivity (Wildman–Crippen MR) is 62.8 cm³/mol. The van der Waals surface area contributed by atoms with Gasteiger partial charge in [-0.3, -0.25) is 0 Å². The van der Waals surface area contributed by atoms with Crippen LogP contribution in [0.5, 0.6) is 5.88 Å². The highest BCUT2D eigenvalue weighted by atomic mass is 16.5. The van der Waals surface area contributed by atoms with E-state index < -0.39 is 0 Å². The molecule has 0 bridgehead atoms. The van der Waals surface area contributed by atoms with Crippen LogP contribution in [-0.4, -0.2) is 30.8 Å². The number of ether oxygens (including phenoxy) is 2. The zero-order valence-electron chi connectivity index (χ0n) is 9.77. The fraction of sp³-hybridized carbons (Fsp3) is 0.583. The number of aromatic nitrogens is 1. The zero-order valence-corrected chi connectivity index (χ0v) is 9.77. The minimum absolute atomic E-state index is 0.305. The van der Waals surface area contributed by atoms with E-state index in [1.807, 2.05) is 12.1 Å². The van der Waals surface area contributed by atoms with E-state index in [1.54, 1.807) is 13.3 Å². The molecule has 1 fully saturated rings. The molecule has 1 aliphatic rings. The van der Waals surface area contributed by atoms with Crippen molar-refractivity contribution in [3.63, 3.8) is 0 Å². The van der Waals surface area contributed by atoms with Gasteiger partial charge in [-0.15, -0.1) is 0 Å². The average Bonchev–Trinajstić information content (AvgIpc) is 2.73. The Morgan fingerprint density at radius 3 is 3.12 bits per heavy atom. The zero-order chi connectivity index (χ0) is 11.4. The third-order valence-electron chi connectivity index (χ3n) is 2.80.